The lowest BCUT2D eigenvalue weighted by Crippen LogP contribution is -2.46. The summed E-state index contributed by atoms with van der Waals surface area (Å²) in [4.78, 5) is 23.0. The Morgan fingerprint density at radius 1 is 1.38 bits per heavy atom. The van der Waals surface area contributed by atoms with Crippen molar-refractivity contribution in [3.63, 3.8) is 0 Å². The number of hydrogen-bond acceptors (Lipinski definition) is 4. The number of nitro benzene ring substituents is 1. The van der Waals surface area contributed by atoms with Gasteiger partial charge in [-0.3, -0.25) is 14.9 Å². The molecule has 1 aliphatic carbocycles. The first-order valence-electron chi connectivity index (χ1n) is 6.51. The monoisotopic (exact) mass is 300 g/mol. The van der Waals surface area contributed by atoms with E-state index in [0.29, 0.717) is 12.1 Å². The van der Waals surface area contributed by atoms with Gasteiger partial charge in [0.1, 0.15) is 5.82 Å². The minimum atomic E-state index is -1.26. The highest BCUT2D eigenvalue weighted by atomic mass is 19.1. The van der Waals surface area contributed by atoms with Gasteiger partial charge in [0, 0.05) is 12.6 Å². The molecule has 0 spiro atoms. The molecule has 8 heteroatoms. The summed E-state index contributed by atoms with van der Waals surface area (Å²) in [5, 5.41) is 19.5. The molecule has 1 aliphatic rings. The molecule has 1 fully saturated rings. The Balaban J connectivity index is 2.33. The summed E-state index contributed by atoms with van der Waals surface area (Å²) in [5.41, 5.74) is -1.57. The van der Waals surface area contributed by atoms with Crippen LogP contribution in [0.1, 0.15) is 29.6 Å². The Morgan fingerprint density at radius 3 is 2.52 bits per heavy atom. The number of aliphatic hydroxyl groups excluding tert-OH is 1. The number of nitro groups is 1. The van der Waals surface area contributed by atoms with Crippen molar-refractivity contribution in [1.82, 2.24) is 4.90 Å². The van der Waals surface area contributed by atoms with Crippen LogP contribution in [0.2, 0.25) is 0 Å². The first-order chi connectivity index (χ1) is 9.95. The molecule has 1 aromatic rings. The maximum atomic E-state index is 13.8. The molecule has 2 rings (SSSR count). The molecule has 114 valence electrons. The molecule has 0 saturated heterocycles. The molecule has 21 heavy (non-hydrogen) atoms. The number of benzene rings is 1. The molecule has 0 aromatic heterocycles. The normalized spacial score (nSPS) is 14.6. The molecule has 1 saturated carbocycles. The van der Waals surface area contributed by atoms with E-state index in [4.69, 9.17) is 5.11 Å². The number of carbonyl (C=O) groups is 1. The summed E-state index contributed by atoms with van der Waals surface area (Å²) in [5.74, 6) is -3.17. The lowest BCUT2D eigenvalue weighted by atomic mass is 9.91. The SMILES string of the molecule is O=C(c1cc(F)c([N+](=O)[O-])cc1F)N(CCO)C1CCC1. The smallest absolute Gasteiger partial charge is 0.307 e. The molecule has 0 radical (unpaired) electrons. The molecule has 1 N–H and O–H groups in total. The van der Waals surface area contributed by atoms with Gasteiger partial charge in [-0.15, -0.1) is 0 Å². The summed E-state index contributed by atoms with van der Waals surface area (Å²) < 4.78 is 27.4. The number of rotatable bonds is 5. The average Bonchev–Trinajstić information content (AvgIpc) is 2.37. The van der Waals surface area contributed by atoms with Crippen LogP contribution in [0.5, 0.6) is 0 Å². The lowest BCUT2D eigenvalue weighted by Gasteiger charge is -2.37. The van der Waals surface area contributed by atoms with Crippen molar-refractivity contribution in [1.29, 1.82) is 0 Å². The predicted molar refractivity (Wildman–Crippen MR) is 68.8 cm³/mol. The average molecular weight is 300 g/mol. The van der Waals surface area contributed by atoms with E-state index >= 15 is 0 Å². The fourth-order valence-electron chi connectivity index (χ4n) is 2.25. The molecule has 0 unspecified atom stereocenters. The van der Waals surface area contributed by atoms with Crippen LogP contribution in [0.3, 0.4) is 0 Å². The van der Waals surface area contributed by atoms with E-state index < -0.39 is 33.7 Å². The Morgan fingerprint density at radius 2 is 2.05 bits per heavy atom. The van der Waals surface area contributed by atoms with E-state index in [9.17, 15) is 23.7 Å². The highest BCUT2D eigenvalue weighted by Gasteiger charge is 2.31. The van der Waals surface area contributed by atoms with Crippen LogP contribution in [0.15, 0.2) is 12.1 Å². The Hall–Kier alpha value is -2.09. The van der Waals surface area contributed by atoms with Crippen LogP contribution in [0.25, 0.3) is 0 Å². The second-order valence-electron chi connectivity index (χ2n) is 4.85. The third-order valence-electron chi connectivity index (χ3n) is 3.58. The number of halogens is 2. The minimum absolute atomic E-state index is 0.0154. The first kappa shape index (κ1) is 15.3. The van der Waals surface area contributed by atoms with Crippen molar-refractivity contribution >= 4 is 11.6 Å². The summed E-state index contributed by atoms with van der Waals surface area (Å²) in [6.45, 7) is -0.277. The highest BCUT2D eigenvalue weighted by Crippen LogP contribution is 2.28. The summed E-state index contributed by atoms with van der Waals surface area (Å²) in [6.07, 6.45) is 2.41. The zero-order valence-corrected chi connectivity index (χ0v) is 11.1. The van der Waals surface area contributed by atoms with Gasteiger partial charge in [0.2, 0.25) is 5.82 Å². The van der Waals surface area contributed by atoms with E-state index in [1.807, 2.05) is 0 Å². The van der Waals surface area contributed by atoms with Gasteiger partial charge in [-0.1, -0.05) is 0 Å². The molecule has 0 aliphatic heterocycles. The van der Waals surface area contributed by atoms with Crippen LogP contribution >= 0.6 is 0 Å². The van der Waals surface area contributed by atoms with Crippen LogP contribution in [0.4, 0.5) is 14.5 Å². The number of aliphatic hydroxyl groups is 1. The minimum Gasteiger partial charge on any atom is -0.395 e. The van der Waals surface area contributed by atoms with E-state index in [-0.39, 0.29) is 19.2 Å². The van der Waals surface area contributed by atoms with Crippen molar-refractivity contribution in [2.75, 3.05) is 13.2 Å². The van der Waals surface area contributed by atoms with E-state index in [1.54, 1.807) is 0 Å². The molecule has 0 atom stereocenters. The van der Waals surface area contributed by atoms with Gasteiger partial charge in [-0.05, 0) is 25.3 Å². The van der Waals surface area contributed by atoms with Crippen molar-refractivity contribution < 1.29 is 23.6 Å². The van der Waals surface area contributed by atoms with Gasteiger partial charge >= 0.3 is 5.69 Å². The molecule has 1 aromatic carbocycles. The Labute approximate surface area is 119 Å². The fraction of sp³-hybridized carbons (Fsp3) is 0.462. The Bertz CT molecular complexity index is 576. The molecular formula is C13H14F2N2O4. The van der Waals surface area contributed by atoms with Gasteiger partial charge in [0.15, 0.2) is 0 Å². The summed E-state index contributed by atoms with van der Waals surface area (Å²) in [7, 11) is 0. The maximum absolute atomic E-state index is 13.8. The van der Waals surface area contributed by atoms with Crippen molar-refractivity contribution in [2.45, 2.75) is 25.3 Å². The van der Waals surface area contributed by atoms with Crippen LogP contribution in [0, 0.1) is 21.7 Å². The number of hydrogen-bond donors (Lipinski definition) is 1. The molecule has 0 bridgehead atoms. The third-order valence-corrected chi connectivity index (χ3v) is 3.58. The quantitative estimate of drug-likeness (QED) is 0.664. The second kappa shape index (κ2) is 6.13. The first-order valence-corrected chi connectivity index (χ1v) is 6.51. The summed E-state index contributed by atoms with van der Waals surface area (Å²) >= 11 is 0. The molecular weight excluding hydrogens is 286 g/mol. The molecule has 0 heterocycles. The maximum Gasteiger partial charge on any atom is 0.307 e. The van der Waals surface area contributed by atoms with E-state index in [2.05, 4.69) is 0 Å². The van der Waals surface area contributed by atoms with Gasteiger partial charge < -0.3 is 10.0 Å². The van der Waals surface area contributed by atoms with Gasteiger partial charge in [0.05, 0.1) is 23.2 Å². The molecule has 1 amide bonds. The van der Waals surface area contributed by atoms with Gasteiger partial charge in [-0.25, -0.2) is 4.39 Å². The van der Waals surface area contributed by atoms with Crippen LogP contribution < -0.4 is 0 Å². The van der Waals surface area contributed by atoms with Crippen molar-refractivity contribution in [3.8, 4) is 0 Å². The standard InChI is InChI=1S/C13H14F2N2O4/c14-10-7-12(17(20)21)11(15)6-9(10)13(19)16(4-5-18)8-2-1-3-8/h6-8,18H,1-5H2. The van der Waals surface area contributed by atoms with Gasteiger partial charge in [-0.2, -0.15) is 4.39 Å². The third kappa shape index (κ3) is 2.99. The Kier molecular flexibility index (Phi) is 4.46. The van der Waals surface area contributed by atoms with Gasteiger partial charge in [0.25, 0.3) is 5.91 Å². The van der Waals surface area contributed by atoms with Crippen molar-refractivity contribution in [2.24, 2.45) is 0 Å². The largest absolute Gasteiger partial charge is 0.395 e. The number of amides is 1. The lowest BCUT2D eigenvalue weighted by molar-refractivity contribution is -0.387. The summed E-state index contributed by atoms with van der Waals surface area (Å²) in [6, 6.07) is 0.835. The number of nitrogens with zero attached hydrogens (tertiary/aromatic N) is 2. The highest BCUT2D eigenvalue weighted by molar-refractivity contribution is 5.95. The van der Waals surface area contributed by atoms with E-state index in [0.717, 1.165) is 19.3 Å². The van der Waals surface area contributed by atoms with Crippen LogP contribution in [-0.4, -0.2) is 40.0 Å². The van der Waals surface area contributed by atoms with Crippen LogP contribution in [-0.2, 0) is 0 Å². The topological polar surface area (TPSA) is 83.7 Å². The second-order valence-corrected chi connectivity index (χ2v) is 4.85. The number of carbonyl (C=O) groups excluding carboxylic acids is 1. The van der Waals surface area contributed by atoms with E-state index in [1.165, 1.54) is 4.90 Å². The van der Waals surface area contributed by atoms with Crippen molar-refractivity contribution in [3.05, 3.63) is 39.4 Å². The molecule has 6 nitrogen and oxygen atoms in total. The fourth-order valence-corrected chi connectivity index (χ4v) is 2.25. The zero-order valence-electron chi connectivity index (χ0n) is 11.1. The zero-order chi connectivity index (χ0) is 15.6. The predicted octanol–water partition coefficient (Wildman–Crippen LogP) is 1.86.